The van der Waals surface area contributed by atoms with Gasteiger partial charge in [0.1, 0.15) is 0 Å². The first-order valence-corrected chi connectivity index (χ1v) is 5.09. The van der Waals surface area contributed by atoms with Crippen molar-refractivity contribution in [2.24, 2.45) is 11.3 Å². The van der Waals surface area contributed by atoms with E-state index in [1.54, 1.807) is 11.9 Å². The van der Waals surface area contributed by atoms with Crippen LogP contribution in [0.4, 0.5) is 0 Å². The van der Waals surface area contributed by atoms with Crippen molar-refractivity contribution in [1.82, 2.24) is 4.90 Å². The predicted octanol–water partition coefficient (Wildman–Crippen LogP) is 1.51. The zero-order valence-electron chi connectivity index (χ0n) is 10.2. The number of hydrogen-bond acceptors (Lipinski definition) is 2. The number of aliphatic hydroxyl groups excluding tert-OH is 1. The maximum absolute atomic E-state index is 11.7. The van der Waals surface area contributed by atoms with Crippen molar-refractivity contribution < 1.29 is 9.90 Å². The Bertz CT molecular complexity index is 194. The lowest BCUT2D eigenvalue weighted by Crippen LogP contribution is -2.48. The third-order valence-corrected chi connectivity index (χ3v) is 2.48. The zero-order valence-corrected chi connectivity index (χ0v) is 10.2. The predicted molar refractivity (Wildman–Crippen MR) is 57.9 cm³/mol. The van der Waals surface area contributed by atoms with Gasteiger partial charge in [-0.3, -0.25) is 4.79 Å². The second-order valence-corrected chi connectivity index (χ2v) is 5.17. The fourth-order valence-electron chi connectivity index (χ4n) is 1.54. The molecule has 3 heteroatoms. The highest BCUT2D eigenvalue weighted by atomic mass is 16.3. The molecule has 0 spiro atoms. The lowest BCUT2D eigenvalue weighted by molar-refractivity contribution is -0.138. The molecule has 0 aliphatic rings. The van der Waals surface area contributed by atoms with Crippen LogP contribution in [0.15, 0.2) is 0 Å². The first kappa shape index (κ1) is 13.4. The molecule has 1 N–H and O–H groups in total. The molecule has 0 rings (SSSR count). The number of carbonyl (C=O) groups is 1. The van der Waals surface area contributed by atoms with Gasteiger partial charge in [-0.15, -0.1) is 0 Å². The van der Waals surface area contributed by atoms with Gasteiger partial charge in [-0.1, -0.05) is 34.6 Å². The molecule has 0 radical (unpaired) electrons. The van der Waals surface area contributed by atoms with Gasteiger partial charge >= 0.3 is 0 Å². The van der Waals surface area contributed by atoms with E-state index in [1.165, 1.54) is 0 Å². The first-order chi connectivity index (χ1) is 6.21. The second-order valence-electron chi connectivity index (χ2n) is 5.17. The highest BCUT2D eigenvalue weighted by Gasteiger charge is 2.31. The van der Waals surface area contributed by atoms with Crippen LogP contribution in [0.3, 0.4) is 0 Å². The van der Waals surface area contributed by atoms with E-state index in [1.807, 2.05) is 34.6 Å². The largest absolute Gasteiger partial charge is 0.394 e. The van der Waals surface area contributed by atoms with E-state index in [4.69, 9.17) is 0 Å². The van der Waals surface area contributed by atoms with E-state index in [0.717, 1.165) is 0 Å². The molecule has 0 bridgehead atoms. The molecule has 84 valence electrons. The third-order valence-electron chi connectivity index (χ3n) is 2.48. The monoisotopic (exact) mass is 201 g/mol. The van der Waals surface area contributed by atoms with Gasteiger partial charge in [0, 0.05) is 13.0 Å². The summed E-state index contributed by atoms with van der Waals surface area (Å²) in [5.74, 6) is 0.0652. The molecule has 0 aromatic rings. The second kappa shape index (κ2) is 4.78. The van der Waals surface area contributed by atoms with E-state index >= 15 is 0 Å². The van der Waals surface area contributed by atoms with Gasteiger partial charge in [0.25, 0.3) is 0 Å². The molecule has 0 saturated carbocycles. The lowest BCUT2D eigenvalue weighted by atomic mass is 9.86. The average Bonchev–Trinajstić information content (AvgIpc) is 2.01. The fraction of sp³-hybridized carbons (Fsp3) is 0.909. The van der Waals surface area contributed by atoms with Crippen molar-refractivity contribution in [3.05, 3.63) is 0 Å². The van der Waals surface area contributed by atoms with Crippen molar-refractivity contribution in [2.45, 2.75) is 40.7 Å². The summed E-state index contributed by atoms with van der Waals surface area (Å²) in [6.45, 7) is 9.83. The van der Waals surface area contributed by atoms with E-state index in [-0.39, 0.29) is 29.9 Å². The summed E-state index contributed by atoms with van der Waals surface area (Å²) in [5, 5.41) is 9.27. The SMILES string of the molecule is CC(C)C(=O)N(C)[C@@H](CO)C(C)(C)C. The van der Waals surface area contributed by atoms with Crippen LogP contribution in [-0.2, 0) is 4.79 Å². The minimum absolute atomic E-state index is 0.0124. The Morgan fingerprint density at radius 1 is 1.36 bits per heavy atom. The van der Waals surface area contributed by atoms with Gasteiger partial charge in [0.2, 0.25) is 5.91 Å². The molecule has 0 unspecified atom stereocenters. The van der Waals surface area contributed by atoms with Gasteiger partial charge in [-0.05, 0) is 5.41 Å². The van der Waals surface area contributed by atoms with Crippen molar-refractivity contribution >= 4 is 5.91 Å². The zero-order chi connectivity index (χ0) is 11.5. The molecular weight excluding hydrogens is 178 g/mol. The van der Waals surface area contributed by atoms with Crippen LogP contribution in [0, 0.1) is 11.3 Å². The topological polar surface area (TPSA) is 40.5 Å². The fourth-order valence-corrected chi connectivity index (χ4v) is 1.54. The van der Waals surface area contributed by atoms with Gasteiger partial charge < -0.3 is 10.0 Å². The minimum Gasteiger partial charge on any atom is -0.394 e. The summed E-state index contributed by atoms with van der Waals surface area (Å²) in [5.41, 5.74) is -0.0892. The maximum atomic E-state index is 11.7. The van der Waals surface area contributed by atoms with Crippen molar-refractivity contribution in [1.29, 1.82) is 0 Å². The molecule has 0 heterocycles. The van der Waals surface area contributed by atoms with Crippen LogP contribution in [0.25, 0.3) is 0 Å². The van der Waals surface area contributed by atoms with E-state index in [0.29, 0.717) is 0 Å². The van der Waals surface area contributed by atoms with Crippen LogP contribution in [0.2, 0.25) is 0 Å². The molecular formula is C11H23NO2. The Hall–Kier alpha value is -0.570. The number of likely N-dealkylation sites (N-methyl/N-ethyl adjacent to an activating group) is 1. The number of amides is 1. The smallest absolute Gasteiger partial charge is 0.225 e. The summed E-state index contributed by atoms with van der Waals surface area (Å²) >= 11 is 0. The number of rotatable bonds is 3. The van der Waals surface area contributed by atoms with Crippen LogP contribution >= 0.6 is 0 Å². The standard InChI is InChI=1S/C11H23NO2/c1-8(2)10(14)12(6)9(7-13)11(3,4)5/h8-9,13H,7H2,1-6H3/t9-/m0/s1. The Morgan fingerprint density at radius 3 is 2.00 bits per heavy atom. The van der Waals surface area contributed by atoms with E-state index in [9.17, 15) is 9.90 Å². The van der Waals surface area contributed by atoms with Gasteiger partial charge in [0.05, 0.1) is 12.6 Å². The average molecular weight is 201 g/mol. The number of nitrogens with zero attached hydrogens (tertiary/aromatic N) is 1. The summed E-state index contributed by atoms with van der Waals surface area (Å²) in [4.78, 5) is 13.4. The van der Waals surface area contributed by atoms with Gasteiger partial charge in [-0.25, -0.2) is 0 Å². The molecule has 1 amide bonds. The third kappa shape index (κ3) is 3.29. The van der Waals surface area contributed by atoms with Crippen LogP contribution in [0.5, 0.6) is 0 Å². The maximum Gasteiger partial charge on any atom is 0.225 e. The van der Waals surface area contributed by atoms with Crippen LogP contribution in [0.1, 0.15) is 34.6 Å². The highest BCUT2D eigenvalue weighted by Crippen LogP contribution is 2.24. The normalized spacial score (nSPS) is 14.3. The number of hydrogen-bond donors (Lipinski definition) is 1. The lowest BCUT2D eigenvalue weighted by Gasteiger charge is -2.37. The summed E-state index contributed by atoms with van der Waals surface area (Å²) in [6, 6.07) is -0.114. The van der Waals surface area contributed by atoms with E-state index < -0.39 is 0 Å². The Morgan fingerprint density at radius 2 is 1.79 bits per heavy atom. The first-order valence-electron chi connectivity index (χ1n) is 5.09. The molecule has 0 aromatic carbocycles. The Labute approximate surface area is 87.1 Å². The van der Waals surface area contributed by atoms with Crippen molar-refractivity contribution in [3.63, 3.8) is 0 Å². The molecule has 0 aliphatic heterocycles. The minimum atomic E-state index is -0.114. The number of aliphatic hydroxyl groups is 1. The molecule has 3 nitrogen and oxygen atoms in total. The summed E-state index contributed by atoms with van der Waals surface area (Å²) < 4.78 is 0. The summed E-state index contributed by atoms with van der Waals surface area (Å²) in [7, 11) is 1.76. The molecule has 0 fully saturated rings. The Kier molecular flexibility index (Phi) is 4.59. The van der Waals surface area contributed by atoms with Crippen molar-refractivity contribution in [2.75, 3.05) is 13.7 Å². The molecule has 0 saturated heterocycles. The molecule has 14 heavy (non-hydrogen) atoms. The van der Waals surface area contributed by atoms with Gasteiger partial charge in [0.15, 0.2) is 0 Å². The molecule has 0 aromatic heterocycles. The highest BCUT2D eigenvalue weighted by molar-refractivity contribution is 5.78. The van der Waals surface area contributed by atoms with Crippen molar-refractivity contribution in [3.8, 4) is 0 Å². The summed E-state index contributed by atoms with van der Waals surface area (Å²) in [6.07, 6.45) is 0. The van der Waals surface area contributed by atoms with Crippen LogP contribution < -0.4 is 0 Å². The van der Waals surface area contributed by atoms with Gasteiger partial charge in [-0.2, -0.15) is 0 Å². The molecule has 0 aliphatic carbocycles. The quantitative estimate of drug-likeness (QED) is 0.752. The number of carbonyl (C=O) groups excluding carboxylic acids is 1. The Balaban J connectivity index is 4.63. The molecule has 1 atom stereocenters. The van der Waals surface area contributed by atoms with E-state index in [2.05, 4.69) is 0 Å². The van der Waals surface area contributed by atoms with Crippen LogP contribution in [-0.4, -0.2) is 35.6 Å².